The van der Waals surface area contributed by atoms with Gasteiger partial charge in [0.1, 0.15) is 19.1 Å². The molecule has 0 aromatic heterocycles. The number of hydrogen-bond acceptors (Lipinski definition) is 4. The van der Waals surface area contributed by atoms with Gasteiger partial charge in [0.2, 0.25) is 5.84 Å². The molecule has 6 heteroatoms. The first-order valence-electron chi connectivity index (χ1n) is 19.4. The van der Waals surface area contributed by atoms with Crippen LogP contribution in [0.15, 0.2) is 0 Å². The highest BCUT2D eigenvalue weighted by Crippen LogP contribution is 2.15. The Morgan fingerprint density at radius 1 is 0.682 bits per heavy atom. The summed E-state index contributed by atoms with van der Waals surface area (Å²) in [6.45, 7) is 6.77. The molecule has 1 atom stereocenters. The number of carbonyl (C=O) groups is 1. The number of aliphatic hydroxyl groups excluding tert-OH is 1. The molecule has 0 radical (unpaired) electrons. The molecule has 5 nitrogen and oxygen atoms in total. The number of aliphatic hydroxyl groups is 1. The first kappa shape index (κ1) is 43.2. The van der Waals surface area contributed by atoms with Gasteiger partial charge < -0.3 is 22.3 Å². The van der Waals surface area contributed by atoms with Gasteiger partial charge in [-0.25, -0.2) is 0 Å². The molecular formula is C38H75ClN2O3. The van der Waals surface area contributed by atoms with Crippen LogP contribution in [0.25, 0.3) is 0 Å². The van der Waals surface area contributed by atoms with Crippen LogP contribution < -0.4 is 17.7 Å². The zero-order valence-electron chi connectivity index (χ0n) is 29.5. The van der Waals surface area contributed by atoms with Crippen LogP contribution in [-0.4, -0.2) is 53.8 Å². The van der Waals surface area contributed by atoms with Gasteiger partial charge >= 0.3 is 5.97 Å². The summed E-state index contributed by atoms with van der Waals surface area (Å²) in [5.41, 5.74) is 0. The molecule has 0 aromatic rings. The number of nitrogens with one attached hydrogen (secondary N) is 1. The van der Waals surface area contributed by atoms with Crippen LogP contribution in [0.2, 0.25) is 0 Å². The number of esters is 1. The second-order valence-electron chi connectivity index (χ2n) is 13.4. The summed E-state index contributed by atoms with van der Waals surface area (Å²) in [7, 11) is 0. The number of unbranched alkanes of at least 4 members (excludes halogenated alkanes) is 24. The Morgan fingerprint density at radius 3 is 1.52 bits per heavy atom. The lowest BCUT2D eigenvalue weighted by Gasteiger charge is -2.12. The maximum Gasteiger partial charge on any atom is 0.305 e. The molecule has 2 N–H and O–H groups in total. The van der Waals surface area contributed by atoms with E-state index < -0.39 is 0 Å². The third-order valence-corrected chi connectivity index (χ3v) is 9.39. The molecule has 1 aliphatic heterocycles. The molecule has 262 valence electrons. The summed E-state index contributed by atoms with van der Waals surface area (Å²) >= 11 is 0. The molecule has 0 amide bonds. The normalized spacial score (nSPS) is 14.6. The van der Waals surface area contributed by atoms with Crippen molar-refractivity contribution in [2.45, 2.75) is 206 Å². The van der Waals surface area contributed by atoms with Crippen molar-refractivity contribution in [1.82, 2.24) is 5.32 Å². The fourth-order valence-electron chi connectivity index (χ4n) is 6.56. The van der Waals surface area contributed by atoms with Gasteiger partial charge in [-0.15, -0.1) is 0 Å². The molecule has 1 unspecified atom stereocenters. The number of ether oxygens (including phenoxy) is 1. The van der Waals surface area contributed by atoms with Gasteiger partial charge in [0.15, 0.2) is 0 Å². The van der Waals surface area contributed by atoms with Gasteiger partial charge in [-0.3, -0.25) is 14.7 Å². The Labute approximate surface area is 280 Å². The largest absolute Gasteiger partial charge is 1.00 e. The van der Waals surface area contributed by atoms with Gasteiger partial charge in [-0.1, -0.05) is 168 Å². The quantitative estimate of drug-likeness (QED) is 0.0449. The fraction of sp³-hybridized carbons (Fsp3) is 0.947. The number of carbonyl (C=O) groups excluding carboxylic acids is 1. The molecule has 0 fully saturated rings. The average Bonchev–Trinajstić information content (AvgIpc) is 3.39. The van der Waals surface area contributed by atoms with Crippen LogP contribution >= 0.6 is 0 Å². The molecule has 0 saturated heterocycles. The number of halogens is 1. The van der Waals surface area contributed by atoms with Crippen molar-refractivity contribution in [3.63, 3.8) is 0 Å². The smallest absolute Gasteiger partial charge is 0.305 e. The minimum absolute atomic E-state index is 0. The van der Waals surface area contributed by atoms with E-state index >= 15 is 0 Å². The highest BCUT2D eigenvalue weighted by Gasteiger charge is 2.30. The van der Waals surface area contributed by atoms with E-state index in [2.05, 4.69) is 23.7 Å². The topological polar surface area (TPSA) is 61.6 Å². The molecule has 1 rings (SSSR count). The molecular weight excluding hydrogens is 568 g/mol. The summed E-state index contributed by atoms with van der Waals surface area (Å²) in [6, 6.07) is 0.313. The monoisotopic (exact) mass is 643 g/mol. The highest BCUT2D eigenvalue weighted by molar-refractivity contribution is 5.78. The number of β-amino-alcohol motifs (C(OH)–C–C–N with tert-alkyl or cyclic N) is 1. The third-order valence-electron chi connectivity index (χ3n) is 9.39. The Hall–Kier alpha value is -0.810. The Morgan fingerprint density at radius 2 is 1.09 bits per heavy atom. The van der Waals surface area contributed by atoms with Crippen molar-refractivity contribution in [2.75, 3.05) is 26.3 Å². The fourth-order valence-corrected chi connectivity index (χ4v) is 6.56. The number of hydrogen-bond donors (Lipinski definition) is 2. The van der Waals surface area contributed by atoms with E-state index in [9.17, 15) is 9.90 Å². The molecule has 0 aliphatic carbocycles. The van der Waals surface area contributed by atoms with E-state index in [0.29, 0.717) is 25.6 Å². The maximum absolute atomic E-state index is 12.2. The highest BCUT2D eigenvalue weighted by atomic mass is 35.5. The zero-order chi connectivity index (χ0) is 31.1. The first-order chi connectivity index (χ1) is 21.2. The Balaban J connectivity index is 0.0000185. The van der Waals surface area contributed by atoms with Crippen molar-refractivity contribution >= 4 is 11.8 Å². The van der Waals surface area contributed by atoms with Crippen LogP contribution in [-0.2, 0) is 9.53 Å². The van der Waals surface area contributed by atoms with E-state index in [4.69, 9.17) is 4.74 Å². The molecule has 0 saturated carbocycles. The lowest BCUT2D eigenvalue weighted by molar-refractivity contribution is -0.559. The predicted molar refractivity (Wildman–Crippen MR) is 185 cm³/mol. The molecule has 1 heterocycles. The second-order valence-corrected chi connectivity index (χ2v) is 13.4. The Kier molecular flexibility index (Phi) is 32.9. The van der Waals surface area contributed by atoms with Gasteiger partial charge in [-0.05, 0) is 12.8 Å². The van der Waals surface area contributed by atoms with Crippen LogP contribution in [0.1, 0.15) is 200 Å². The number of amidine groups is 1. The van der Waals surface area contributed by atoms with E-state index in [1.165, 1.54) is 160 Å². The van der Waals surface area contributed by atoms with Crippen molar-refractivity contribution in [3.8, 4) is 0 Å². The van der Waals surface area contributed by atoms with Gasteiger partial charge in [0.25, 0.3) is 0 Å². The van der Waals surface area contributed by atoms with Crippen LogP contribution in [0.4, 0.5) is 0 Å². The van der Waals surface area contributed by atoms with E-state index in [1.54, 1.807) is 0 Å². The standard InChI is InChI=1S/C38H74N2O3.ClH/c1-3-5-7-9-11-13-15-17-19-21-23-25-27-29-37-39-35-36(40(37)32-33-41)31-34-43-38(42)30-28-26-24-22-20-18-16-14-12-10-8-6-4-2;/h36,41H,3-35H2,1-2H3;1H. The average molecular weight is 643 g/mol. The summed E-state index contributed by atoms with van der Waals surface area (Å²) < 4.78 is 7.92. The van der Waals surface area contributed by atoms with Crippen molar-refractivity contribution in [1.29, 1.82) is 0 Å². The van der Waals surface area contributed by atoms with Crippen molar-refractivity contribution in [2.24, 2.45) is 0 Å². The second kappa shape index (κ2) is 33.6. The van der Waals surface area contributed by atoms with E-state index in [-0.39, 0.29) is 25.0 Å². The Bertz CT molecular complexity index is 658. The first-order valence-corrected chi connectivity index (χ1v) is 19.4. The summed E-state index contributed by atoms with van der Waals surface area (Å²) in [5.74, 6) is 1.24. The van der Waals surface area contributed by atoms with Gasteiger partial charge in [0, 0.05) is 19.3 Å². The molecule has 0 aromatic carbocycles. The third kappa shape index (κ3) is 25.4. The van der Waals surface area contributed by atoms with Crippen molar-refractivity contribution in [3.05, 3.63) is 0 Å². The molecule has 0 bridgehead atoms. The molecule has 1 aliphatic rings. The van der Waals surface area contributed by atoms with E-state index in [1.807, 2.05) is 0 Å². The van der Waals surface area contributed by atoms with E-state index in [0.717, 1.165) is 32.2 Å². The van der Waals surface area contributed by atoms with Crippen LogP contribution in [0, 0.1) is 0 Å². The number of rotatable bonds is 33. The van der Waals surface area contributed by atoms with Gasteiger partial charge in [0.05, 0.1) is 13.2 Å². The minimum Gasteiger partial charge on any atom is -1.00 e. The minimum atomic E-state index is -0.0427. The van der Waals surface area contributed by atoms with Crippen LogP contribution in [0.5, 0.6) is 0 Å². The zero-order valence-corrected chi connectivity index (χ0v) is 30.3. The molecule has 0 spiro atoms. The summed E-state index contributed by atoms with van der Waals surface area (Å²) in [6.07, 6.45) is 37.4. The summed E-state index contributed by atoms with van der Waals surface area (Å²) in [5, 5.41) is 13.2. The predicted octanol–water partition coefficient (Wildman–Crippen LogP) is 7.26. The maximum atomic E-state index is 12.2. The summed E-state index contributed by atoms with van der Waals surface area (Å²) in [4.78, 5) is 12.2. The lowest BCUT2D eigenvalue weighted by atomic mass is 10.0. The van der Waals surface area contributed by atoms with Crippen molar-refractivity contribution < 1.29 is 31.6 Å². The lowest BCUT2D eigenvalue weighted by Crippen LogP contribution is -3.00. The SMILES string of the molecule is CCCCCCCCCCCCCCCC(=O)OCCC1CNC(CCCCCCCCCCCCCCC)=[N+]1CCO.[Cl-]. The molecule has 44 heavy (non-hydrogen) atoms. The van der Waals surface area contributed by atoms with Crippen LogP contribution in [0.3, 0.4) is 0 Å². The van der Waals surface area contributed by atoms with Gasteiger partial charge in [-0.2, -0.15) is 0 Å². The number of nitrogens with zero attached hydrogens (tertiary/aromatic N) is 1.